The first-order valence-electron chi connectivity index (χ1n) is 2.52. The van der Waals surface area contributed by atoms with Crippen molar-refractivity contribution in [3.63, 3.8) is 0 Å². The van der Waals surface area contributed by atoms with Gasteiger partial charge in [0.2, 0.25) is 0 Å². The Morgan fingerprint density at radius 2 is 1.46 bits per heavy atom. The average molecular weight is 244 g/mol. The van der Waals surface area contributed by atoms with Gasteiger partial charge in [0.05, 0.1) is 6.61 Å². The Morgan fingerprint density at radius 3 is 1.46 bits per heavy atom. The molecule has 0 aliphatic rings. The molecule has 0 aromatic rings. The molecule has 0 radical (unpaired) electrons. The summed E-state index contributed by atoms with van der Waals surface area (Å²) in [5.41, 5.74) is 0. The van der Waals surface area contributed by atoms with Crippen LogP contribution in [0, 0.1) is 0 Å². The molecule has 0 amide bonds. The summed E-state index contributed by atoms with van der Waals surface area (Å²) < 4.78 is 4.40. The summed E-state index contributed by atoms with van der Waals surface area (Å²) in [4.78, 5) is 18.2. The van der Waals surface area contributed by atoms with E-state index in [1.165, 1.54) is 6.92 Å². The fourth-order valence-electron chi connectivity index (χ4n) is 0.203. The first-order chi connectivity index (χ1) is 4.50. The van der Waals surface area contributed by atoms with Crippen LogP contribution in [0.4, 0.5) is 4.79 Å². The number of carbonyl (C=O) groups excluding carboxylic acids is 2. The number of esters is 1. The van der Waals surface area contributed by atoms with Crippen LogP contribution in [0.25, 0.3) is 0 Å². The number of hydrogen-bond donors (Lipinski definition) is 0. The minimum absolute atomic E-state index is 0. The molecule has 0 aliphatic heterocycles. The Labute approximate surface area is 162 Å². The van der Waals surface area contributed by atoms with Gasteiger partial charge in [0.1, 0.15) is 0 Å². The first-order valence-corrected chi connectivity index (χ1v) is 2.52. The predicted molar refractivity (Wildman–Crippen MR) is 31.3 cm³/mol. The number of ether oxygens (including phenoxy) is 1. The molecule has 0 aliphatic carbocycles. The number of carboxylic acid groups (broad SMARTS) is 2. The van der Waals surface area contributed by atoms with Crippen LogP contribution >= 0.6 is 0 Å². The quantitative estimate of drug-likeness (QED) is 0.335. The summed E-state index contributed by atoms with van der Waals surface area (Å²) >= 11 is 0. The molecule has 0 saturated carbocycles. The van der Waals surface area contributed by atoms with E-state index in [9.17, 15) is 4.79 Å². The van der Waals surface area contributed by atoms with Gasteiger partial charge in [-0.1, -0.05) is 0 Å². The normalized spacial score (nSPS) is 5.38. The zero-order chi connectivity index (χ0) is 8.57. The maximum absolute atomic E-state index is 9.82. The van der Waals surface area contributed by atoms with Crippen molar-refractivity contribution in [2.24, 2.45) is 0 Å². The second-order valence-corrected chi connectivity index (χ2v) is 1.17. The summed E-state index contributed by atoms with van der Waals surface area (Å²) in [7, 11) is 0. The number of carbonyl (C=O) groups is 2. The summed E-state index contributed by atoms with van der Waals surface area (Å²) in [6, 6.07) is 0. The zero-order valence-corrected chi connectivity index (χ0v) is 14.5. The third kappa shape index (κ3) is 81.0. The molecule has 0 aromatic carbocycles. The zero-order valence-electron chi connectivity index (χ0n) is 8.25. The summed E-state index contributed by atoms with van der Waals surface area (Å²) in [6.07, 6.45) is -2.33. The van der Waals surface area contributed by atoms with Crippen molar-refractivity contribution in [2.45, 2.75) is 13.8 Å². The van der Waals surface area contributed by atoms with E-state index < -0.39 is 6.16 Å². The Kier molecular flexibility index (Phi) is 53.5. The van der Waals surface area contributed by atoms with Crippen LogP contribution in [-0.2, 0) is 9.53 Å². The van der Waals surface area contributed by atoms with Crippen molar-refractivity contribution in [3.05, 3.63) is 0 Å². The molecule has 6 nitrogen and oxygen atoms in total. The van der Waals surface area contributed by atoms with Gasteiger partial charge in [-0.05, 0) is 13.1 Å². The van der Waals surface area contributed by atoms with E-state index in [1.54, 1.807) is 6.92 Å². The molecule has 0 fully saturated rings. The van der Waals surface area contributed by atoms with E-state index in [4.69, 9.17) is 15.0 Å². The molecule has 68 valence electrons. The standard InChI is InChI=1S/C4H8O2.CH2O3.2K.H2O/c1-3-6-4(2)5;2-1(3)4;;;/h3H2,1-2H3;(H2,2,3,4);;;1H2/q;;2*+1;/p-2. The van der Waals surface area contributed by atoms with Crippen LogP contribution in [0.15, 0.2) is 0 Å². The van der Waals surface area contributed by atoms with Gasteiger partial charge in [-0.3, -0.25) is 4.79 Å². The number of rotatable bonds is 1. The third-order valence-electron chi connectivity index (χ3n) is 0.348. The molecule has 13 heavy (non-hydrogen) atoms. The molecule has 0 saturated heterocycles. The van der Waals surface area contributed by atoms with Gasteiger partial charge in [-0.25, -0.2) is 0 Å². The molecule has 0 spiro atoms. The summed E-state index contributed by atoms with van der Waals surface area (Å²) in [5, 5.41) is 16.7. The maximum Gasteiger partial charge on any atom is 1.00 e. The van der Waals surface area contributed by atoms with Crippen LogP contribution in [0.2, 0.25) is 0 Å². The van der Waals surface area contributed by atoms with E-state index in [0.717, 1.165) is 0 Å². The molecule has 2 N–H and O–H groups in total. The Morgan fingerprint density at radius 1 is 1.23 bits per heavy atom. The van der Waals surface area contributed by atoms with E-state index in [0.29, 0.717) is 6.61 Å². The Balaban J connectivity index is -0.0000000279. The molecule has 0 bridgehead atoms. The van der Waals surface area contributed by atoms with Crippen molar-refractivity contribution in [2.75, 3.05) is 6.61 Å². The molecular formula is C5H10K2O6. The van der Waals surface area contributed by atoms with Gasteiger partial charge >= 0.3 is 109 Å². The van der Waals surface area contributed by atoms with Crippen molar-refractivity contribution >= 4 is 12.1 Å². The van der Waals surface area contributed by atoms with Gasteiger partial charge in [-0.15, -0.1) is 0 Å². The van der Waals surface area contributed by atoms with Gasteiger partial charge < -0.3 is 25.2 Å². The molecule has 0 rings (SSSR count). The van der Waals surface area contributed by atoms with Crippen molar-refractivity contribution in [1.29, 1.82) is 0 Å². The van der Waals surface area contributed by atoms with Crippen LogP contribution in [-0.4, -0.2) is 24.2 Å². The summed E-state index contributed by atoms with van der Waals surface area (Å²) in [5.74, 6) is -0.211. The van der Waals surface area contributed by atoms with E-state index >= 15 is 0 Å². The minimum atomic E-state index is -2.33. The van der Waals surface area contributed by atoms with Gasteiger partial charge in [0.25, 0.3) is 0 Å². The molecule has 0 atom stereocenters. The van der Waals surface area contributed by atoms with Crippen LogP contribution in [0.5, 0.6) is 0 Å². The topological polar surface area (TPSA) is 121 Å². The SMILES string of the molecule is CCOC(C)=O.O.O=C([O-])[O-].[K+].[K+]. The Hall–Kier alpha value is 1.97. The van der Waals surface area contributed by atoms with Gasteiger partial charge in [-0.2, -0.15) is 0 Å². The average Bonchev–Trinajstić information content (AvgIpc) is 1.62. The Bertz CT molecular complexity index is 114. The van der Waals surface area contributed by atoms with Crippen LogP contribution in [0.1, 0.15) is 13.8 Å². The first kappa shape index (κ1) is 29.4. The van der Waals surface area contributed by atoms with Gasteiger partial charge in [0.15, 0.2) is 0 Å². The predicted octanol–water partition coefficient (Wildman–Crippen LogP) is -8.69. The van der Waals surface area contributed by atoms with E-state index in [1.807, 2.05) is 0 Å². The summed E-state index contributed by atoms with van der Waals surface area (Å²) in [6.45, 7) is 3.65. The van der Waals surface area contributed by atoms with Crippen molar-refractivity contribution < 1.29 is 133 Å². The molecular weight excluding hydrogens is 234 g/mol. The molecule has 0 unspecified atom stereocenters. The second kappa shape index (κ2) is 23.6. The van der Waals surface area contributed by atoms with Crippen LogP contribution < -0.4 is 113 Å². The number of hydrogen-bond acceptors (Lipinski definition) is 5. The second-order valence-electron chi connectivity index (χ2n) is 1.17. The molecule has 0 heterocycles. The molecule has 0 aromatic heterocycles. The van der Waals surface area contributed by atoms with E-state index in [-0.39, 0.29) is 114 Å². The minimum Gasteiger partial charge on any atom is -0.652 e. The third-order valence-corrected chi connectivity index (χ3v) is 0.348. The maximum atomic E-state index is 9.82. The monoisotopic (exact) mass is 244 g/mol. The van der Waals surface area contributed by atoms with Crippen molar-refractivity contribution in [3.8, 4) is 0 Å². The fraction of sp³-hybridized carbons (Fsp3) is 0.600. The smallest absolute Gasteiger partial charge is 0.652 e. The van der Waals surface area contributed by atoms with Gasteiger partial charge in [0, 0.05) is 6.92 Å². The van der Waals surface area contributed by atoms with E-state index in [2.05, 4.69) is 4.74 Å². The molecule has 8 heteroatoms. The fourth-order valence-corrected chi connectivity index (χ4v) is 0.203. The largest absolute Gasteiger partial charge is 1.00 e. The van der Waals surface area contributed by atoms with Crippen LogP contribution in [0.3, 0.4) is 0 Å². The van der Waals surface area contributed by atoms with Crippen molar-refractivity contribution in [1.82, 2.24) is 0 Å².